The van der Waals surface area contributed by atoms with Gasteiger partial charge in [0, 0.05) is 74.6 Å². The molecule has 2 aromatic carbocycles. The quantitative estimate of drug-likeness (QED) is 0.285. The molecule has 1 aromatic heterocycles. The highest BCUT2D eigenvalue weighted by Crippen LogP contribution is 2.47. The number of carbonyl (C=O) groups excluding carboxylic acids is 3. The number of hydrogen-bond acceptors (Lipinski definition) is 11. The van der Waals surface area contributed by atoms with Gasteiger partial charge < -0.3 is 30.0 Å². The van der Waals surface area contributed by atoms with E-state index in [2.05, 4.69) is 48.6 Å². The second-order valence-corrected chi connectivity index (χ2v) is 16.7. The first-order chi connectivity index (χ1) is 27.5. The fourth-order valence-corrected chi connectivity index (χ4v) is 10.1. The summed E-state index contributed by atoms with van der Waals surface area (Å²) in [6, 6.07) is 11.3. The van der Waals surface area contributed by atoms with Crippen LogP contribution in [0.5, 0.6) is 5.75 Å². The minimum atomic E-state index is -2.62. The van der Waals surface area contributed by atoms with E-state index in [4.69, 9.17) is 0 Å². The number of nitrogens with zero attached hydrogens (tertiary/aromatic N) is 7. The molecule has 0 aliphatic carbocycles. The Balaban J connectivity index is 0.782. The molecule has 16 heteroatoms. The van der Waals surface area contributed by atoms with Crippen LogP contribution in [0.25, 0.3) is 11.3 Å². The van der Waals surface area contributed by atoms with Gasteiger partial charge in [-0.25, -0.2) is 13.2 Å². The molecule has 13 nitrogen and oxygen atoms in total. The van der Waals surface area contributed by atoms with Gasteiger partial charge in [0.2, 0.25) is 11.8 Å². The molecule has 3 N–H and O–H groups in total. The molecule has 6 aliphatic heterocycles. The van der Waals surface area contributed by atoms with Gasteiger partial charge in [0.25, 0.3) is 12.3 Å². The van der Waals surface area contributed by atoms with Gasteiger partial charge in [-0.2, -0.15) is 0 Å². The van der Waals surface area contributed by atoms with Crippen LogP contribution in [0.3, 0.4) is 0 Å². The SMILES string of the molecule is CN(C1CCN(CC2CCN(c3ccc4c(c3)C(=O)N([C@H]3CCC(=O)NC3=O)C4)CC2)CC1)[C@H]1CN2c3cc(-c4cccc(F)c4O)nnc3NC[C@@]2(C(F)F)C1. The third-order valence-corrected chi connectivity index (χ3v) is 13.5. The number of benzene rings is 2. The Morgan fingerprint density at radius 1 is 0.965 bits per heavy atom. The first-order valence-corrected chi connectivity index (χ1v) is 20.1. The fourth-order valence-electron chi connectivity index (χ4n) is 10.1. The molecule has 0 saturated carbocycles. The molecule has 9 rings (SSSR count). The number of phenolic OH excluding ortho intramolecular Hbond substituents is 1. The summed E-state index contributed by atoms with van der Waals surface area (Å²) < 4.78 is 44.3. The molecule has 4 fully saturated rings. The number of aromatic nitrogens is 2. The number of likely N-dealkylation sites (N-methyl/N-ethyl adjacent to an activating group) is 1. The van der Waals surface area contributed by atoms with Gasteiger partial charge in [0.1, 0.15) is 11.6 Å². The number of anilines is 3. The molecular formula is C41H48F3N9O4. The number of phenols is 1. The molecule has 57 heavy (non-hydrogen) atoms. The topological polar surface area (TPSA) is 137 Å². The summed E-state index contributed by atoms with van der Waals surface area (Å²) in [6.45, 7) is 5.51. The monoisotopic (exact) mass is 787 g/mol. The number of amides is 3. The van der Waals surface area contributed by atoms with Crippen molar-refractivity contribution >= 4 is 34.9 Å². The van der Waals surface area contributed by atoms with Crippen molar-refractivity contribution in [3.05, 3.63) is 59.4 Å². The van der Waals surface area contributed by atoms with Crippen LogP contribution >= 0.6 is 0 Å². The number of nitrogens with one attached hydrogen (secondary N) is 2. The van der Waals surface area contributed by atoms with Crippen molar-refractivity contribution in [1.29, 1.82) is 0 Å². The zero-order valence-electron chi connectivity index (χ0n) is 32.0. The van der Waals surface area contributed by atoms with Crippen molar-refractivity contribution < 1.29 is 32.7 Å². The Hall–Kier alpha value is -4.96. The molecule has 6 aliphatic rings. The predicted molar refractivity (Wildman–Crippen MR) is 207 cm³/mol. The van der Waals surface area contributed by atoms with Crippen LogP contribution in [0.1, 0.15) is 60.9 Å². The van der Waals surface area contributed by atoms with E-state index in [1.807, 2.05) is 12.1 Å². The van der Waals surface area contributed by atoms with Crippen molar-refractivity contribution in [3.8, 4) is 17.0 Å². The van der Waals surface area contributed by atoms with Gasteiger partial charge >= 0.3 is 0 Å². The van der Waals surface area contributed by atoms with Crippen molar-refractivity contribution in [2.75, 3.05) is 68.0 Å². The van der Waals surface area contributed by atoms with Gasteiger partial charge in [-0.3, -0.25) is 24.6 Å². The standard InChI is InChI=1S/C41H48F3N9O4/c1-49(28-19-41(40(43)44)23-45-37-34(53(41)22-28)18-32(47-48-37)29-3-2-4-31(42)36(29)55)26-11-13-50(14-12-26)20-24-9-15-51(16-10-24)27-6-5-25-21-52(39(57)30(25)17-27)33-7-8-35(54)46-38(33)56/h2-6,17-18,24,26,28,33,40,55H,7-16,19-23H2,1H3,(H,45,48)(H,46,54,56)/t28-,33+,41-/m1/s1. The van der Waals surface area contributed by atoms with E-state index < -0.39 is 35.5 Å². The van der Waals surface area contributed by atoms with E-state index in [1.54, 1.807) is 15.9 Å². The third kappa shape index (κ3) is 6.73. The van der Waals surface area contributed by atoms with Gasteiger partial charge in [0.15, 0.2) is 17.4 Å². The number of likely N-dealkylation sites (tertiary alicyclic amines) is 1. The van der Waals surface area contributed by atoms with E-state index in [0.717, 1.165) is 75.7 Å². The van der Waals surface area contributed by atoms with E-state index in [-0.39, 0.29) is 54.5 Å². The molecule has 4 saturated heterocycles. The average molecular weight is 788 g/mol. The molecule has 3 amide bonds. The first-order valence-electron chi connectivity index (χ1n) is 20.1. The summed E-state index contributed by atoms with van der Waals surface area (Å²) in [7, 11) is 2.06. The van der Waals surface area contributed by atoms with Crippen molar-refractivity contribution in [2.45, 2.75) is 81.6 Å². The number of piperidine rings is 3. The van der Waals surface area contributed by atoms with Crippen LogP contribution in [0.2, 0.25) is 0 Å². The second kappa shape index (κ2) is 14.8. The van der Waals surface area contributed by atoms with E-state index in [1.165, 1.54) is 12.1 Å². The lowest BCUT2D eigenvalue weighted by Crippen LogP contribution is -2.57. The summed E-state index contributed by atoms with van der Waals surface area (Å²) in [6.07, 6.45) is 2.24. The maximum absolute atomic E-state index is 15.1. The van der Waals surface area contributed by atoms with Gasteiger partial charge in [0.05, 0.1) is 11.4 Å². The Bertz CT molecular complexity index is 2070. The average Bonchev–Trinajstić information content (AvgIpc) is 3.78. The Labute approximate surface area is 329 Å². The Morgan fingerprint density at radius 2 is 1.75 bits per heavy atom. The number of imide groups is 1. The molecule has 7 heterocycles. The van der Waals surface area contributed by atoms with Crippen LogP contribution in [0.15, 0.2) is 42.5 Å². The largest absolute Gasteiger partial charge is 0.504 e. The number of para-hydroxylation sites is 1. The lowest BCUT2D eigenvalue weighted by Gasteiger charge is -2.43. The number of fused-ring (bicyclic) bond motifs is 4. The summed E-state index contributed by atoms with van der Waals surface area (Å²) in [4.78, 5) is 48.0. The number of aromatic hydroxyl groups is 1. The van der Waals surface area contributed by atoms with Crippen LogP contribution in [0, 0.1) is 11.7 Å². The normalized spacial score (nSPS) is 25.9. The summed E-state index contributed by atoms with van der Waals surface area (Å²) in [5.41, 5.74) is 1.98. The van der Waals surface area contributed by atoms with E-state index >= 15 is 8.78 Å². The van der Waals surface area contributed by atoms with E-state index in [9.17, 15) is 23.9 Å². The highest BCUT2D eigenvalue weighted by atomic mass is 19.3. The highest BCUT2D eigenvalue weighted by molar-refractivity contribution is 6.05. The van der Waals surface area contributed by atoms with Crippen LogP contribution in [-0.4, -0.2) is 131 Å². The maximum atomic E-state index is 15.1. The number of halogens is 3. The maximum Gasteiger partial charge on any atom is 0.263 e. The molecule has 3 atom stereocenters. The second-order valence-electron chi connectivity index (χ2n) is 16.7. The molecule has 3 aromatic rings. The van der Waals surface area contributed by atoms with Crippen molar-refractivity contribution in [3.63, 3.8) is 0 Å². The van der Waals surface area contributed by atoms with Gasteiger partial charge in [-0.1, -0.05) is 12.1 Å². The van der Waals surface area contributed by atoms with E-state index in [0.29, 0.717) is 42.5 Å². The lowest BCUT2D eigenvalue weighted by molar-refractivity contribution is -0.136. The van der Waals surface area contributed by atoms with Gasteiger partial charge in [-0.15, -0.1) is 10.2 Å². The lowest BCUT2D eigenvalue weighted by atomic mass is 9.91. The van der Waals surface area contributed by atoms with Gasteiger partial charge in [-0.05, 0) is 100 Å². The molecular weight excluding hydrogens is 740 g/mol. The minimum Gasteiger partial charge on any atom is -0.504 e. The van der Waals surface area contributed by atoms with Crippen LogP contribution < -0.4 is 20.4 Å². The number of alkyl halides is 2. The minimum absolute atomic E-state index is 0.0340. The smallest absolute Gasteiger partial charge is 0.263 e. The predicted octanol–water partition coefficient (Wildman–Crippen LogP) is 4.07. The summed E-state index contributed by atoms with van der Waals surface area (Å²) in [5.74, 6) is -1.24. The molecule has 0 radical (unpaired) electrons. The Morgan fingerprint density at radius 3 is 2.51 bits per heavy atom. The first kappa shape index (κ1) is 37.6. The zero-order chi connectivity index (χ0) is 39.6. The summed E-state index contributed by atoms with van der Waals surface area (Å²) >= 11 is 0. The van der Waals surface area contributed by atoms with Crippen molar-refractivity contribution in [2.24, 2.45) is 5.92 Å². The van der Waals surface area contributed by atoms with Crippen molar-refractivity contribution in [1.82, 2.24) is 30.2 Å². The molecule has 0 bridgehead atoms. The number of rotatable bonds is 8. The summed E-state index contributed by atoms with van der Waals surface area (Å²) in [5, 5.41) is 24.2. The molecule has 302 valence electrons. The molecule has 0 spiro atoms. The number of hydrogen-bond donors (Lipinski definition) is 3. The fraction of sp³-hybridized carbons (Fsp3) is 0.537. The number of carbonyl (C=O) groups is 3. The van der Waals surface area contributed by atoms with Crippen LogP contribution in [0.4, 0.5) is 30.4 Å². The zero-order valence-corrected chi connectivity index (χ0v) is 32.0. The Kier molecular flexibility index (Phi) is 9.74. The van der Waals surface area contributed by atoms with Crippen LogP contribution in [-0.2, 0) is 16.1 Å². The molecule has 0 unspecified atom stereocenters. The highest BCUT2D eigenvalue weighted by Gasteiger charge is 2.56. The third-order valence-electron chi connectivity index (χ3n) is 13.5.